The first kappa shape index (κ1) is 13.0. The van der Waals surface area contributed by atoms with Gasteiger partial charge in [0, 0.05) is 0 Å². The summed E-state index contributed by atoms with van der Waals surface area (Å²) >= 11 is 0. The van der Waals surface area contributed by atoms with Crippen molar-refractivity contribution < 1.29 is 14.6 Å². The lowest BCUT2D eigenvalue weighted by molar-refractivity contribution is 0.0505. The molecule has 4 nitrogen and oxygen atoms in total. The summed E-state index contributed by atoms with van der Waals surface area (Å²) in [6.07, 6.45) is 2.15. The molecule has 0 heterocycles. The van der Waals surface area contributed by atoms with Gasteiger partial charge in [0.2, 0.25) is 0 Å². The molecule has 0 fully saturated rings. The highest BCUT2D eigenvalue weighted by molar-refractivity contribution is 5.67. The fourth-order valence-electron chi connectivity index (χ4n) is 0.792. The smallest absolute Gasteiger partial charge is 0.407 e. The Bertz CT molecular complexity index is 206. The molecule has 0 radical (unpaired) electrons. The van der Waals surface area contributed by atoms with Crippen LogP contribution in [0.15, 0.2) is 12.2 Å². The van der Waals surface area contributed by atoms with E-state index in [2.05, 4.69) is 5.32 Å². The van der Waals surface area contributed by atoms with E-state index in [4.69, 9.17) is 4.74 Å². The van der Waals surface area contributed by atoms with Crippen LogP contribution in [0.25, 0.3) is 0 Å². The maximum absolute atomic E-state index is 11.1. The van der Waals surface area contributed by atoms with Gasteiger partial charge in [0.05, 0.1) is 12.6 Å². The second-order valence-electron chi connectivity index (χ2n) is 3.98. The molecule has 82 valence electrons. The Morgan fingerprint density at radius 2 is 2.14 bits per heavy atom. The Morgan fingerprint density at radius 1 is 1.57 bits per heavy atom. The molecule has 0 aliphatic heterocycles. The summed E-state index contributed by atoms with van der Waals surface area (Å²) in [4.78, 5) is 11.1. The molecule has 0 rings (SSSR count). The number of carbonyl (C=O) groups excluding carboxylic acids is 1. The number of nitrogens with one attached hydrogen (secondary N) is 1. The lowest BCUT2D eigenvalue weighted by Crippen LogP contribution is -2.36. The first-order valence-electron chi connectivity index (χ1n) is 4.63. The van der Waals surface area contributed by atoms with Crippen LogP contribution in [0.2, 0.25) is 0 Å². The molecule has 0 aliphatic carbocycles. The number of amides is 1. The minimum absolute atomic E-state index is 0.166. The van der Waals surface area contributed by atoms with Crippen molar-refractivity contribution in [3.8, 4) is 0 Å². The van der Waals surface area contributed by atoms with Crippen molar-refractivity contribution in [1.29, 1.82) is 0 Å². The Labute approximate surface area is 85.0 Å². The number of allylic oxidation sites excluding steroid dienone is 1. The van der Waals surface area contributed by atoms with Crippen molar-refractivity contribution in [3.63, 3.8) is 0 Å². The lowest BCUT2D eigenvalue weighted by atomic mass is 10.2. The summed E-state index contributed by atoms with van der Waals surface area (Å²) in [5.74, 6) is 0. The van der Waals surface area contributed by atoms with Crippen LogP contribution in [-0.2, 0) is 4.74 Å². The standard InChI is InChI=1S/C10H19NO3/c1-5-6-8(12)7-11-9(13)14-10(2,3)4/h5-6,8,12H,7H2,1-4H3,(H,11,13)/t8-/m1/s1. The average Bonchev–Trinajstić information content (AvgIpc) is 1.98. The van der Waals surface area contributed by atoms with Crippen LogP contribution in [0.5, 0.6) is 0 Å². The van der Waals surface area contributed by atoms with Gasteiger partial charge in [0.25, 0.3) is 0 Å². The van der Waals surface area contributed by atoms with E-state index in [1.54, 1.807) is 39.8 Å². The van der Waals surface area contributed by atoms with Gasteiger partial charge >= 0.3 is 6.09 Å². The quantitative estimate of drug-likeness (QED) is 0.679. The van der Waals surface area contributed by atoms with E-state index in [1.807, 2.05) is 0 Å². The van der Waals surface area contributed by atoms with Gasteiger partial charge < -0.3 is 15.2 Å². The molecular weight excluding hydrogens is 182 g/mol. The monoisotopic (exact) mass is 201 g/mol. The van der Waals surface area contributed by atoms with Gasteiger partial charge in [-0.3, -0.25) is 0 Å². The summed E-state index contributed by atoms with van der Waals surface area (Å²) in [6.45, 7) is 7.33. The maximum Gasteiger partial charge on any atom is 0.407 e. The van der Waals surface area contributed by atoms with Crippen molar-refractivity contribution in [2.24, 2.45) is 0 Å². The number of hydrogen-bond acceptors (Lipinski definition) is 3. The third-order valence-electron chi connectivity index (χ3n) is 1.27. The van der Waals surface area contributed by atoms with Gasteiger partial charge in [0.15, 0.2) is 0 Å². The van der Waals surface area contributed by atoms with Crippen LogP contribution < -0.4 is 5.32 Å². The number of hydrogen-bond donors (Lipinski definition) is 2. The highest BCUT2D eigenvalue weighted by Crippen LogP contribution is 2.06. The van der Waals surface area contributed by atoms with Crippen molar-refractivity contribution in [3.05, 3.63) is 12.2 Å². The molecule has 0 saturated heterocycles. The van der Waals surface area contributed by atoms with E-state index in [0.717, 1.165) is 0 Å². The van der Waals surface area contributed by atoms with Crippen LogP contribution in [0.4, 0.5) is 4.79 Å². The fraction of sp³-hybridized carbons (Fsp3) is 0.700. The minimum Gasteiger partial charge on any atom is -0.444 e. The zero-order valence-corrected chi connectivity index (χ0v) is 9.20. The number of ether oxygens (including phenoxy) is 1. The van der Waals surface area contributed by atoms with Crippen LogP contribution in [0.3, 0.4) is 0 Å². The van der Waals surface area contributed by atoms with Crippen molar-refractivity contribution >= 4 is 6.09 Å². The highest BCUT2D eigenvalue weighted by Gasteiger charge is 2.15. The predicted molar refractivity (Wildman–Crippen MR) is 55.1 cm³/mol. The van der Waals surface area contributed by atoms with Gasteiger partial charge in [-0.25, -0.2) is 4.79 Å². The van der Waals surface area contributed by atoms with E-state index in [0.29, 0.717) is 0 Å². The van der Waals surface area contributed by atoms with Gasteiger partial charge in [0.1, 0.15) is 5.60 Å². The molecule has 0 spiro atoms. The SMILES string of the molecule is CC=C[C@@H](O)CNC(=O)OC(C)(C)C. The van der Waals surface area contributed by atoms with E-state index >= 15 is 0 Å². The fourth-order valence-corrected chi connectivity index (χ4v) is 0.792. The summed E-state index contributed by atoms with van der Waals surface area (Å²) in [7, 11) is 0. The number of alkyl carbamates (subject to hydrolysis) is 1. The second-order valence-corrected chi connectivity index (χ2v) is 3.98. The Morgan fingerprint density at radius 3 is 2.57 bits per heavy atom. The van der Waals surface area contributed by atoms with Crippen LogP contribution >= 0.6 is 0 Å². The second kappa shape index (κ2) is 5.65. The van der Waals surface area contributed by atoms with Gasteiger partial charge in [-0.15, -0.1) is 0 Å². The van der Waals surface area contributed by atoms with Gasteiger partial charge in [-0.1, -0.05) is 12.2 Å². The largest absolute Gasteiger partial charge is 0.444 e. The third-order valence-corrected chi connectivity index (χ3v) is 1.27. The molecule has 2 N–H and O–H groups in total. The topological polar surface area (TPSA) is 58.6 Å². The van der Waals surface area contributed by atoms with Crippen LogP contribution in [0.1, 0.15) is 27.7 Å². The van der Waals surface area contributed by atoms with Gasteiger partial charge in [-0.05, 0) is 27.7 Å². The number of rotatable bonds is 3. The molecule has 0 bridgehead atoms. The lowest BCUT2D eigenvalue weighted by Gasteiger charge is -2.20. The van der Waals surface area contributed by atoms with Crippen molar-refractivity contribution in [1.82, 2.24) is 5.32 Å². The van der Waals surface area contributed by atoms with E-state index in [1.165, 1.54) is 0 Å². The van der Waals surface area contributed by atoms with E-state index in [9.17, 15) is 9.90 Å². The predicted octanol–water partition coefficient (Wildman–Crippen LogP) is 1.45. The zero-order valence-electron chi connectivity index (χ0n) is 9.20. The highest BCUT2D eigenvalue weighted by atomic mass is 16.6. The Hall–Kier alpha value is -1.03. The van der Waals surface area contributed by atoms with Crippen LogP contribution in [-0.4, -0.2) is 29.4 Å². The molecular formula is C10H19NO3. The normalized spacial score (nSPS) is 14.1. The summed E-state index contributed by atoms with van der Waals surface area (Å²) in [5.41, 5.74) is -0.504. The van der Waals surface area contributed by atoms with Crippen molar-refractivity contribution in [2.45, 2.75) is 39.4 Å². The first-order chi connectivity index (χ1) is 6.35. The third kappa shape index (κ3) is 7.61. The first-order valence-corrected chi connectivity index (χ1v) is 4.63. The average molecular weight is 201 g/mol. The molecule has 0 aromatic heterocycles. The molecule has 0 aromatic carbocycles. The molecule has 0 aromatic rings. The maximum atomic E-state index is 11.1. The molecule has 0 unspecified atom stereocenters. The number of aliphatic hydroxyl groups excluding tert-OH is 1. The Balaban J connectivity index is 3.75. The van der Waals surface area contributed by atoms with Crippen molar-refractivity contribution in [2.75, 3.05) is 6.54 Å². The molecule has 1 atom stereocenters. The molecule has 0 aliphatic rings. The zero-order chi connectivity index (χ0) is 11.2. The number of aliphatic hydroxyl groups is 1. The molecule has 1 amide bonds. The van der Waals surface area contributed by atoms with Gasteiger partial charge in [-0.2, -0.15) is 0 Å². The number of carbonyl (C=O) groups is 1. The minimum atomic E-state index is -0.660. The molecule has 4 heteroatoms. The summed E-state index contributed by atoms with van der Waals surface area (Å²) in [5, 5.41) is 11.7. The van der Waals surface area contributed by atoms with E-state index in [-0.39, 0.29) is 6.54 Å². The molecule has 0 saturated carbocycles. The van der Waals surface area contributed by atoms with Crippen LogP contribution in [0, 0.1) is 0 Å². The summed E-state index contributed by atoms with van der Waals surface area (Å²) < 4.78 is 4.98. The Kier molecular flexibility index (Phi) is 5.23. The summed E-state index contributed by atoms with van der Waals surface area (Å²) in [6, 6.07) is 0. The van der Waals surface area contributed by atoms with E-state index < -0.39 is 17.8 Å². The molecule has 14 heavy (non-hydrogen) atoms.